The van der Waals surface area contributed by atoms with Crippen LogP contribution in [0.4, 0.5) is 23.2 Å². The Labute approximate surface area is 92.0 Å². The SMILES string of the molecule is Nc1c(F)cccc1-c1nc(C(F)(F)F)no1. The molecule has 0 bridgehead atoms. The molecule has 1 aromatic heterocycles. The van der Waals surface area contributed by atoms with Gasteiger partial charge in [-0.25, -0.2) is 4.39 Å². The van der Waals surface area contributed by atoms with Crippen molar-refractivity contribution in [2.24, 2.45) is 0 Å². The average molecular weight is 247 g/mol. The first kappa shape index (κ1) is 11.4. The second-order valence-electron chi connectivity index (χ2n) is 3.12. The number of para-hydroxylation sites is 1. The molecule has 0 aliphatic rings. The van der Waals surface area contributed by atoms with E-state index in [2.05, 4.69) is 14.7 Å². The number of nitrogens with zero attached hydrogens (tertiary/aromatic N) is 2. The van der Waals surface area contributed by atoms with Gasteiger partial charge < -0.3 is 10.3 Å². The molecule has 0 aliphatic carbocycles. The third kappa shape index (κ3) is 2.05. The fraction of sp³-hybridized carbons (Fsp3) is 0.111. The molecular formula is C9H5F4N3O. The summed E-state index contributed by atoms with van der Waals surface area (Å²) in [6.45, 7) is 0. The van der Waals surface area contributed by atoms with Gasteiger partial charge in [-0.1, -0.05) is 11.2 Å². The van der Waals surface area contributed by atoms with Crippen molar-refractivity contribution in [3.05, 3.63) is 29.8 Å². The molecule has 0 saturated carbocycles. The molecule has 8 heteroatoms. The van der Waals surface area contributed by atoms with E-state index >= 15 is 0 Å². The van der Waals surface area contributed by atoms with Gasteiger partial charge in [-0.05, 0) is 12.1 Å². The molecule has 0 fully saturated rings. The number of nitrogens with two attached hydrogens (primary N) is 1. The van der Waals surface area contributed by atoms with Crippen molar-refractivity contribution >= 4 is 5.69 Å². The summed E-state index contributed by atoms with van der Waals surface area (Å²) in [5.41, 5.74) is 4.93. The summed E-state index contributed by atoms with van der Waals surface area (Å²) in [6, 6.07) is 3.63. The maximum absolute atomic E-state index is 13.1. The molecule has 0 amide bonds. The van der Waals surface area contributed by atoms with Gasteiger partial charge in [0.15, 0.2) is 0 Å². The van der Waals surface area contributed by atoms with E-state index in [1.165, 1.54) is 12.1 Å². The maximum atomic E-state index is 13.1. The van der Waals surface area contributed by atoms with Crippen LogP contribution in [0.25, 0.3) is 11.5 Å². The van der Waals surface area contributed by atoms with E-state index in [0.717, 1.165) is 6.07 Å². The van der Waals surface area contributed by atoms with Crippen molar-refractivity contribution in [3.63, 3.8) is 0 Å². The molecule has 0 saturated heterocycles. The van der Waals surface area contributed by atoms with Crippen LogP contribution < -0.4 is 5.73 Å². The number of aromatic nitrogens is 2. The predicted molar refractivity (Wildman–Crippen MR) is 49.1 cm³/mol. The second-order valence-corrected chi connectivity index (χ2v) is 3.12. The molecular weight excluding hydrogens is 242 g/mol. The van der Waals surface area contributed by atoms with Crippen LogP contribution in [0.15, 0.2) is 22.7 Å². The summed E-state index contributed by atoms with van der Waals surface area (Å²) >= 11 is 0. The van der Waals surface area contributed by atoms with Crippen LogP contribution in [-0.2, 0) is 6.18 Å². The highest BCUT2D eigenvalue weighted by Gasteiger charge is 2.37. The van der Waals surface area contributed by atoms with Crippen LogP contribution in [0.5, 0.6) is 0 Å². The third-order valence-electron chi connectivity index (χ3n) is 1.96. The predicted octanol–water partition coefficient (Wildman–Crippen LogP) is 2.48. The van der Waals surface area contributed by atoms with Gasteiger partial charge in [0, 0.05) is 0 Å². The van der Waals surface area contributed by atoms with E-state index in [4.69, 9.17) is 5.73 Å². The van der Waals surface area contributed by atoms with Gasteiger partial charge in [0.05, 0.1) is 11.3 Å². The summed E-state index contributed by atoms with van der Waals surface area (Å²) in [5.74, 6) is -2.68. The fourth-order valence-corrected chi connectivity index (χ4v) is 1.17. The Bertz CT molecular complexity index is 549. The Morgan fingerprint density at radius 1 is 1.24 bits per heavy atom. The van der Waals surface area contributed by atoms with E-state index in [9.17, 15) is 17.6 Å². The van der Waals surface area contributed by atoms with Crippen LogP contribution in [-0.4, -0.2) is 10.1 Å². The van der Waals surface area contributed by atoms with E-state index < -0.39 is 23.7 Å². The molecule has 0 aliphatic heterocycles. The Morgan fingerprint density at radius 2 is 1.94 bits per heavy atom. The van der Waals surface area contributed by atoms with Crippen molar-refractivity contribution in [1.82, 2.24) is 10.1 Å². The number of alkyl halides is 3. The number of benzene rings is 1. The van der Waals surface area contributed by atoms with Gasteiger partial charge in [0.2, 0.25) is 0 Å². The van der Waals surface area contributed by atoms with Crippen molar-refractivity contribution < 1.29 is 22.1 Å². The lowest BCUT2D eigenvalue weighted by Gasteiger charge is -2.00. The molecule has 1 aromatic carbocycles. The summed E-state index contributed by atoms with van der Waals surface area (Å²) < 4.78 is 54.1. The van der Waals surface area contributed by atoms with Gasteiger partial charge in [-0.2, -0.15) is 18.2 Å². The highest BCUT2D eigenvalue weighted by molar-refractivity contribution is 5.70. The van der Waals surface area contributed by atoms with Gasteiger partial charge >= 0.3 is 6.18 Å². The van der Waals surface area contributed by atoms with Crippen LogP contribution in [0, 0.1) is 5.82 Å². The molecule has 2 N–H and O–H groups in total. The molecule has 0 spiro atoms. The quantitative estimate of drug-likeness (QED) is 0.621. The Balaban J connectivity index is 2.48. The molecule has 17 heavy (non-hydrogen) atoms. The van der Waals surface area contributed by atoms with E-state index in [0.29, 0.717) is 0 Å². The van der Waals surface area contributed by atoms with Gasteiger partial charge in [-0.3, -0.25) is 0 Å². The summed E-state index contributed by atoms with van der Waals surface area (Å²) in [6.07, 6.45) is -4.72. The lowest BCUT2D eigenvalue weighted by molar-refractivity contribution is -0.146. The zero-order valence-electron chi connectivity index (χ0n) is 8.12. The standard InChI is InChI=1S/C9H5F4N3O/c10-5-3-1-2-4(6(5)14)7-15-8(16-17-7)9(11,12)13/h1-3H,14H2. The van der Waals surface area contributed by atoms with E-state index in [1.807, 2.05) is 0 Å². The van der Waals surface area contributed by atoms with Crippen LogP contribution in [0.2, 0.25) is 0 Å². The summed E-state index contributed by atoms with van der Waals surface area (Å²) in [5, 5.41) is 2.75. The first-order valence-corrected chi connectivity index (χ1v) is 4.35. The number of hydrogen-bond acceptors (Lipinski definition) is 4. The largest absolute Gasteiger partial charge is 0.455 e. The Hall–Kier alpha value is -2.12. The first-order valence-electron chi connectivity index (χ1n) is 4.35. The van der Waals surface area contributed by atoms with E-state index in [-0.39, 0.29) is 11.3 Å². The topological polar surface area (TPSA) is 64.9 Å². The first-order chi connectivity index (χ1) is 7.89. The molecule has 0 radical (unpaired) electrons. The maximum Gasteiger partial charge on any atom is 0.455 e. The minimum Gasteiger partial charge on any atom is -0.396 e. The zero-order chi connectivity index (χ0) is 12.6. The highest BCUT2D eigenvalue weighted by atomic mass is 19.4. The molecule has 0 atom stereocenters. The minimum absolute atomic E-state index is 0.0759. The number of nitrogen functional groups attached to an aromatic ring is 1. The van der Waals surface area contributed by atoms with Crippen LogP contribution >= 0.6 is 0 Å². The van der Waals surface area contributed by atoms with Crippen molar-refractivity contribution in [2.75, 3.05) is 5.73 Å². The molecule has 90 valence electrons. The number of rotatable bonds is 1. The highest BCUT2D eigenvalue weighted by Crippen LogP contribution is 2.31. The van der Waals surface area contributed by atoms with Crippen molar-refractivity contribution in [2.45, 2.75) is 6.18 Å². The van der Waals surface area contributed by atoms with Gasteiger partial charge in [-0.15, -0.1) is 0 Å². The molecule has 1 heterocycles. The summed E-state index contributed by atoms with van der Waals surface area (Å²) in [7, 11) is 0. The van der Waals surface area contributed by atoms with Crippen LogP contribution in [0.1, 0.15) is 5.82 Å². The second kappa shape index (κ2) is 3.72. The zero-order valence-corrected chi connectivity index (χ0v) is 8.12. The Morgan fingerprint density at radius 3 is 2.53 bits per heavy atom. The minimum atomic E-state index is -4.72. The molecule has 2 rings (SSSR count). The third-order valence-corrected chi connectivity index (χ3v) is 1.96. The lowest BCUT2D eigenvalue weighted by atomic mass is 10.2. The smallest absolute Gasteiger partial charge is 0.396 e. The number of hydrogen-bond donors (Lipinski definition) is 1. The average Bonchev–Trinajstić information content (AvgIpc) is 2.70. The molecule has 4 nitrogen and oxygen atoms in total. The van der Waals surface area contributed by atoms with Gasteiger partial charge in [0.25, 0.3) is 11.7 Å². The molecule has 0 unspecified atom stereocenters. The Kier molecular flexibility index (Phi) is 2.49. The van der Waals surface area contributed by atoms with Crippen LogP contribution in [0.3, 0.4) is 0 Å². The summed E-state index contributed by atoms with van der Waals surface area (Å²) in [4.78, 5) is 3.10. The normalized spacial score (nSPS) is 11.8. The fourth-order valence-electron chi connectivity index (χ4n) is 1.17. The monoisotopic (exact) mass is 247 g/mol. The van der Waals surface area contributed by atoms with E-state index in [1.54, 1.807) is 0 Å². The van der Waals surface area contributed by atoms with Crippen molar-refractivity contribution in [3.8, 4) is 11.5 Å². The van der Waals surface area contributed by atoms with Gasteiger partial charge in [0.1, 0.15) is 5.82 Å². The number of halogens is 4. The lowest BCUT2D eigenvalue weighted by Crippen LogP contribution is -2.07. The number of anilines is 1. The molecule has 2 aromatic rings. The van der Waals surface area contributed by atoms with Crippen molar-refractivity contribution in [1.29, 1.82) is 0 Å².